The lowest BCUT2D eigenvalue weighted by atomic mass is 10.1. The van der Waals surface area contributed by atoms with Crippen LogP contribution in [0.3, 0.4) is 0 Å². The second kappa shape index (κ2) is 6.48. The summed E-state index contributed by atoms with van der Waals surface area (Å²) in [6.07, 6.45) is 2.80. The highest BCUT2D eigenvalue weighted by molar-refractivity contribution is 7.80. The highest BCUT2D eigenvalue weighted by Gasteiger charge is 1.99. The third-order valence-corrected chi connectivity index (χ3v) is 2.62. The number of thiocarbonyl (C=S) groups is 1. The highest BCUT2D eigenvalue weighted by atomic mass is 32.1. The summed E-state index contributed by atoms with van der Waals surface area (Å²) < 4.78 is 5.72. The fourth-order valence-electron chi connectivity index (χ4n) is 1.45. The smallest absolute Gasteiger partial charge is 0.122 e. The number of rotatable bonds is 6. The van der Waals surface area contributed by atoms with Gasteiger partial charge in [0.1, 0.15) is 5.75 Å². The first-order valence-electron chi connectivity index (χ1n) is 5.58. The third kappa shape index (κ3) is 4.62. The molecule has 0 aliphatic rings. The van der Waals surface area contributed by atoms with Crippen molar-refractivity contribution in [2.75, 3.05) is 6.61 Å². The molecule has 0 saturated heterocycles. The maximum absolute atomic E-state index is 5.72. The first-order valence-corrected chi connectivity index (χ1v) is 5.99. The second-order valence-electron chi connectivity index (χ2n) is 4.04. The number of benzene rings is 1. The summed E-state index contributed by atoms with van der Waals surface area (Å²) in [5.74, 6) is 0.982. The van der Waals surface area contributed by atoms with Crippen molar-refractivity contribution in [3.05, 3.63) is 29.3 Å². The van der Waals surface area contributed by atoms with Crippen molar-refractivity contribution in [1.82, 2.24) is 0 Å². The maximum Gasteiger partial charge on any atom is 0.122 e. The van der Waals surface area contributed by atoms with Crippen LogP contribution in [0.4, 0.5) is 0 Å². The van der Waals surface area contributed by atoms with Crippen molar-refractivity contribution in [2.24, 2.45) is 5.73 Å². The Hall–Kier alpha value is -1.09. The van der Waals surface area contributed by atoms with Crippen LogP contribution >= 0.6 is 12.2 Å². The van der Waals surface area contributed by atoms with Crippen LogP contribution in [0.25, 0.3) is 0 Å². The van der Waals surface area contributed by atoms with E-state index in [2.05, 4.69) is 32.0 Å². The van der Waals surface area contributed by atoms with Crippen LogP contribution in [0.5, 0.6) is 5.75 Å². The predicted octanol–water partition coefficient (Wildman–Crippen LogP) is 3.14. The summed E-state index contributed by atoms with van der Waals surface area (Å²) in [7, 11) is 0. The molecule has 0 heterocycles. The van der Waals surface area contributed by atoms with Gasteiger partial charge in [-0.2, -0.15) is 0 Å². The molecule has 0 fully saturated rings. The lowest BCUT2D eigenvalue weighted by Crippen LogP contribution is -2.08. The number of aryl methyl sites for hydroxylation is 2. The summed E-state index contributed by atoms with van der Waals surface area (Å²) in [5.41, 5.74) is 7.83. The summed E-state index contributed by atoms with van der Waals surface area (Å²) in [5, 5.41) is 0. The normalized spacial score (nSPS) is 10.1. The Labute approximate surface area is 103 Å². The molecule has 0 spiro atoms. The predicted molar refractivity (Wildman–Crippen MR) is 72.0 cm³/mol. The number of ether oxygens (including phenoxy) is 1. The van der Waals surface area contributed by atoms with E-state index in [1.165, 1.54) is 11.1 Å². The van der Waals surface area contributed by atoms with Crippen molar-refractivity contribution in [3.63, 3.8) is 0 Å². The van der Waals surface area contributed by atoms with Gasteiger partial charge in [-0.25, -0.2) is 0 Å². The molecule has 0 saturated carbocycles. The van der Waals surface area contributed by atoms with Crippen molar-refractivity contribution in [1.29, 1.82) is 0 Å². The van der Waals surface area contributed by atoms with Gasteiger partial charge in [0, 0.05) is 0 Å². The van der Waals surface area contributed by atoms with E-state index in [1.807, 2.05) is 0 Å². The van der Waals surface area contributed by atoms with Gasteiger partial charge in [0.05, 0.1) is 11.6 Å². The number of hydrogen-bond donors (Lipinski definition) is 1. The molecular formula is C13H19NOS. The maximum atomic E-state index is 5.72. The van der Waals surface area contributed by atoms with Crippen LogP contribution < -0.4 is 10.5 Å². The van der Waals surface area contributed by atoms with E-state index in [0.717, 1.165) is 31.6 Å². The minimum absolute atomic E-state index is 0.590. The standard InChI is InChI=1S/C13H19NOS/c1-10-6-7-11(2)12(9-10)15-8-4-3-5-13(14)16/h6-7,9H,3-5,8H2,1-2H3,(H2,14,16). The van der Waals surface area contributed by atoms with Crippen LogP contribution in [0.1, 0.15) is 30.4 Å². The zero-order valence-electron chi connectivity index (χ0n) is 9.95. The van der Waals surface area contributed by atoms with Gasteiger partial charge < -0.3 is 10.5 Å². The number of hydrogen-bond acceptors (Lipinski definition) is 2. The first kappa shape index (κ1) is 13.0. The van der Waals surface area contributed by atoms with Crippen molar-refractivity contribution in [2.45, 2.75) is 33.1 Å². The number of unbranched alkanes of at least 4 members (excludes halogenated alkanes) is 1. The molecule has 0 aromatic heterocycles. The van der Waals surface area contributed by atoms with E-state index in [-0.39, 0.29) is 0 Å². The largest absolute Gasteiger partial charge is 0.493 e. The molecule has 3 heteroatoms. The van der Waals surface area contributed by atoms with Crippen molar-refractivity contribution in [3.8, 4) is 5.75 Å². The van der Waals surface area contributed by atoms with E-state index in [1.54, 1.807) is 0 Å². The van der Waals surface area contributed by atoms with Gasteiger partial charge in [-0.15, -0.1) is 0 Å². The summed E-state index contributed by atoms with van der Waals surface area (Å²) in [6, 6.07) is 6.25. The topological polar surface area (TPSA) is 35.2 Å². The average molecular weight is 237 g/mol. The summed E-state index contributed by atoms with van der Waals surface area (Å²) in [6.45, 7) is 4.86. The molecule has 1 aromatic carbocycles. The quantitative estimate of drug-likeness (QED) is 0.610. The summed E-state index contributed by atoms with van der Waals surface area (Å²) in [4.78, 5) is 0.590. The van der Waals surface area contributed by atoms with E-state index < -0.39 is 0 Å². The molecule has 16 heavy (non-hydrogen) atoms. The molecule has 0 atom stereocenters. The molecule has 0 radical (unpaired) electrons. The molecule has 0 bridgehead atoms. The molecule has 0 amide bonds. The molecule has 0 aliphatic heterocycles. The van der Waals surface area contributed by atoms with Gasteiger partial charge in [0.15, 0.2) is 0 Å². The Balaban J connectivity index is 2.31. The minimum atomic E-state index is 0.590. The van der Waals surface area contributed by atoms with Gasteiger partial charge in [0.25, 0.3) is 0 Å². The fourth-order valence-corrected chi connectivity index (χ4v) is 1.59. The molecule has 0 aliphatic carbocycles. The zero-order valence-corrected chi connectivity index (χ0v) is 10.8. The van der Waals surface area contributed by atoms with E-state index in [4.69, 9.17) is 22.7 Å². The highest BCUT2D eigenvalue weighted by Crippen LogP contribution is 2.19. The van der Waals surface area contributed by atoms with Crippen LogP contribution in [-0.2, 0) is 0 Å². The number of nitrogens with two attached hydrogens (primary N) is 1. The Morgan fingerprint density at radius 1 is 1.31 bits per heavy atom. The monoisotopic (exact) mass is 237 g/mol. The SMILES string of the molecule is Cc1ccc(C)c(OCCCCC(N)=S)c1. The molecule has 2 N–H and O–H groups in total. The molecule has 0 unspecified atom stereocenters. The van der Waals surface area contributed by atoms with Gasteiger partial charge in [0.2, 0.25) is 0 Å². The Kier molecular flexibility index (Phi) is 5.26. The molecule has 2 nitrogen and oxygen atoms in total. The summed E-state index contributed by atoms with van der Waals surface area (Å²) >= 11 is 4.81. The van der Waals surface area contributed by atoms with E-state index in [9.17, 15) is 0 Å². The van der Waals surface area contributed by atoms with Gasteiger partial charge in [-0.1, -0.05) is 24.4 Å². The Morgan fingerprint density at radius 3 is 2.75 bits per heavy atom. The second-order valence-corrected chi connectivity index (χ2v) is 4.57. The van der Waals surface area contributed by atoms with Gasteiger partial charge >= 0.3 is 0 Å². The van der Waals surface area contributed by atoms with Gasteiger partial charge in [-0.05, 0) is 50.3 Å². The average Bonchev–Trinajstić information content (AvgIpc) is 2.22. The minimum Gasteiger partial charge on any atom is -0.493 e. The first-order chi connectivity index (χ1) is 7.59. The third-order valence-electron chi connectivity index (χ3n) is 2.42. The molecule has 1 aromatic rings. The van der Waals surface area contributed by atoms with Crippen molar-refractivity contribution >= 4 is 17.2 Å². The van der Waals surface area contributed by atoms with Crippen LogP contribution in [0.2, 0.25) is 0 Å². The lowest BCUT2D eigenvalue weighted by Gasteiger charge is -2.09. The molecule has 88 valence electrons. The fraction of sp³-hybridized carbons (Fsp3) is 0.462. The lowest BCUT2D eigenvalue weighted by molar-refractivity contribution is 0.306. The van der Waals surface area contributed by atoms with E-state index >= 15 is 0 Å². The molecular weight excluding hydrogens is 218 g/mol. The zero-order chi connectivity index (χ0) is 12.0. The van der Waals surface area contributed by atoms with Crippen LogP contribution in [0.15, 0.2) is 18.2 Å². The van der Waals surface area contributed by atoms with Gasteiger partial charge in [-0.3, -0.25) is 0 Å². The molecule has 1 rings (SSSR count). The van der Waals surface area contributed by atoms with Crippen molar-refractivity contribution < 1.29 is 4.74 Å². The Bertz CT molecular complexity index is 363. The Morgan fingerprint density at radius 2 is 2.06 bits per heavy atom. The van der Waals surface area contributed by atoms with Crippen LogP contribution in [-0.4, -0.2) is 11.6 Å². The van der Waals surface area contributed by atoms with Crippen LogP contribution in [0, 0.1) is 13.8 Å². The van der Waals surface area contributed by atoms with E-state index in [0.29, 0.717) is 4.99 Å².